The maximum absolute atomic E-state index is 14.1. The molecule has 0 radical (unpaired) electrons. The lowest BCUT2D eigenvalue weighted by atomic mass is 10.1. The van der Waals surface area contributed by atoms with Gasteiger partial charge in [0.25, 0.3) is 11.5 Å². The third-order valence-electron chi connectivity index (χ3n) is 8.86. The highest BCUT2D eigenvalue weighted by Crippen LogP contribution is 2.31. The van der Waals surface area contributed by atoms with E-state index in [1.807, 2.05) is 0 Å². The first-order chi connectivity index (χ1) is 28.1. The molecule has 6 rings (SSSR count). The quantitative estimate of drug-likeness (QED) is 0.0519. The minimum Gasteiger partial charge on any atom is -0.459 e. The summed E-state index contributed by atoms with van der Waals surface area (Å²) in [6.45, 7) is -0.771. The molecule has 294 valence electrons. The van der Waals surface area contributed by atoms with E-state index in [2.05, 4.69) is 21.3 Å². The van der Waals surface area contributed by atoms with Crippen molar-refractivity contribution in [1.82, 2.24) is 13.4 Å². The maximum Gasteiger partial charge on any atom is 0.340 e. The first-order valence-corrected chi connectivity index (χ1v) is 19.2. The fourth-order valence-electron chi connectivity index (χ4n) is 5.99. The Morgan fingerprint density at radius 3 is 2.02 bits per heavy atom. The van der Waals surface area contributed by atoms with E-state index < -0.39 is 57.7 Å². The number of carbonyl (C=O) groups is 3. The lowest BCUT2D eigenvalue weighted by Crippen LogP contribution is -2.45. The molecule has 0 bridgehead atoms. The molecule has 1 unspecified atom stereocenters. The van der Waals surface area contributed by atoms with Crippen molar-refractivity contribution >= 4 is 28.1 Å². The lowest BCUT2D eigenvalue weighted by Gasteiger charge is -2.19. The molecule has 17 heteroatoms. The van der Waals surface area contributed by atoms with Crippen molar-refractivity contribution in [1.29, 1.82) is 0 Å². The van der Waals surface area contributed by atoms with Crippen molar-refractivity contribution in [3.63, 3.8) is 0 Å². The van der Waals surface area contributed by atoms with Gasteiger partial charge in [-0.3, -0.25) is 14.2 Å². The van der Waals surface area contributed by atoms with Gasteiger partial charge in [-0.2, -0.15) is 8.87 Å². The molecule has 0 spiro atoms. The fraction of sp³-hybridized carbons (Fsp3) is 0.195. The zero-order valence-electron chi connectivity index (χ0n) is 30.6. The normalized spacial score (nSPS) is 16.1. The Morgan fingerprint density at radius 1 is 0.845 bits per heavy atom. The molecular formula is C41H34N6O10S. The summed E-state index contributed by atoms with van der Waals surface area (Å²) in [4.78, 5) is 70.1. The average molecular weight is 803 g/mol. The average Bonchev–Trinajstić information content (AvgIpc) is 3.64. The van der Waals surface area contributed by atoms with Crippen LogP contribution in [-0.4, -0.2) is 65.1 Å². The van der Waals surface area contributed by atoms with Gasteiger partial charge in [-0.05, 0) is 47.5 Å². The van der Waals surface area contributed by atoms with Gasteiger partial charge in [-0.1, -0.05) is 96.8 Å². The summed E-state index contributed by atoms with van der Waals surface area (Å²) in [5.74, 6) is 3.05. The monoisotopic (exact) mass is 802 g/mol. The highest BCUT2D eigenvalue weighted by Gasteiger charge is 2.41. The summed E-state index contributed by atoms with van der Waals surface area (Å²) in [6.07, 6.45) is -2.64. The number of benzene rings is 4. The Hall–Kier alpha value is -7.09. The molecule has 1 aliphatic heterocycles. The van der Waals surface area contributed by atoms with Gasteiger partial charge >= 0.3 is 27.8 Å². The minimum absolute atomic E-state index is 0.0193. The number of carbonyl (C=O) groups excluding carboxylic acids is 3. The Labute approximate surface area is 331 Å². The van der Waals surface area contributed by atoms with Crippen LogP contribution in [0.15, 0.2) is 142 Å². The highest BCUT2D eigenvalue weighted by atomic mass is 32.2. The molecule has 0 saturated carbocycles. The summed E-state index contributed by atoms with van der Waals surface area (Å²) in [6, 6.07) is 32.5. The van der Waals surface area contributed by atoms with Gasteiger partial charge in [0.1, 0.15) is 30.6 Å². The van der Waals surface area contributed by atoms with E-state index in [4.69, 9.17) is 19.7 Å². The number of nitrogens with zero attached hydrogens (tertiary/aromatic N) is 6. The Morgan fingerprint density at radius 2 is 1.41 bits per heavy atom. The summed E-state index contributed by atoms with van der Waals surface area (Å²) in [7, 11) is -4.42. The second-order valence-corrected chi connectivity index (χ2v) is 14.3. The second kappa shape index (κ2) is 18.7. The van der Waals surface area contributed by atoms with E-state index in [0.717, 1.165) is 15.1 Å². The molecule has 2 heterocycles. The predicted octanol–water partition coefficient (Wildman–Crippen LogP) is 4.87. The van der Waals surface area contributed by atoms with Crippen LogP contribution in [0.2, 0.25) is 0 Å². The molecule has 0 aliphatic carbocycles. The summed E-state index contributed by atoms with van der Waals surface area (Å²) >= 11 is 0. The smallest absolute Gasteiger partial charge is 0.340 e. The number of hydrogen-bond donors (Lipinski definition) is 0. The van der Waals surface area contributed by atoms with Crippen molar-refractivity contribution in [3.05, 3.63) is 187 Å². The van der Waals surface area contributed by atoms with Crippen LogP contribution in [0, 0.1) is 11.8 Å². The van der Waals surface area contributed by atoms with E-state index >= 15 is 0 Å². The number of esters is 2. The van der Waals surface area contributed by atoms with E-state index in [0.29, 0.717) is 10.1 Å². The lowest BCUT2D eigenvalue weighted by molar-refractivity contribution is -0.0584. The minimum atomic E-state index is -4.42. The summed E-state index contributed by atoms with van der Waals surface area (Å²) in [5, 5.41) is 0. The number of rotatable bonds is 13. The molecule has 5 aromatic rings. The van der Waals surface area contributed by atoms with Crippen LogP contribution in [0.5, 0.6) is 0 Å². The van der Waals surface area contributed by atoms with Gasteiger partial charge in [-0.15, -0.1) is 0 Å². The van der Waals surface area contributed by atoms with E-state index in [1.165, 1.54) is 12.1 Å². The number of azide groups is 1. The molecule has 0 amide bonds. The van der Waals surface area contributed by atoms with Gasteiger partial charge in [0.05, 0.1) is 11.1 Å². The Kier molecular flexibility index (Phi) is 13.1. The van der Waals surface area contributed by atoms with Gasteiger partial charge in [-0.25, -0.2) is 22.8 Å². The Bertz CT molecular complexity index is 2620. The highest BCUT2D eigenvalue weighted by molar-refractivity contribution is 7.87. The molecule has 1 saturated heterocycles. The van der Waals surface area contributed by atoms with Gasteiger partial charge in [0.2, 0.25) is 0 Å². The zero-order chi connectivity index (χ0) is 41.1. The molecule has 16 nitrogen and oxygen atoms in total. The van der Waals surface area contributed by atoms with Crippen LogP contribution in [0.25, 0.3) is 10.4 Å². The standard InChI is InChI=1S/C41H34N6O10S/c42-43-44-58(53,54)45(26-29-15-5-1-6-16-29)24-14-13-23-33-27-46(41(52)47(38(33)49)37(48)30-17-7-2-8-18-30)36-25-34(57-40(51)32-21-11-4-12-22-32)35(56-36)28-55-39(50)31-19-9-3-10-20-31/h1-12,15-22,27,34-36H,14,24-26,28H2/t34?,35-,36-/m1/s1. The number of ether oxygens (including phenoxy) is 3. The van der Waals surface area contributed by atoms with Gasteiger partial charge in [0.15, 0.2) is 0 Å². The maximum atomic E-state index is 14.1. The van der Waals surface area contributed by atoms with Crippen LogP contribution < -0.4 is 11.2 Å². The van der Waals surface area contributed by atoms with Crippen LogP contribution in [0.3, 0.4) is 0 Å². The molecule has 58 heavy (non-hydrogen) atoms. The molecular weight excluding hydrogens is 769 g/mol. The SMILES string of the molecule is [N-]=[N+]=NS(=O)(=O)N(CCC#Cc1cn([C@H]2CC(OC(=O)c3ccccc3)[C@@H](COC(=O)c3ccccc3)O2)c(=O)n(C(=O)c2ccccc2)c1=O)Cc1ccccc1. The van der Waals surface area contributed by atoms with Crippen LogP contribution in [0.4, 0.5) is 0 Å². The van der Waals surface area contributed by atoms with Gasteiger partial charge < -0.3 is 14.2 Å². The molecule has 1 fully saturated rings. The third-order valence-corrected chi connectivity index (χ3v) is 10.1. The molecule has 0 N–H and O–H groups in total. The fourth-order valence-corrected chi connectivity index (χ4v) is 6.82. The predicted molar refractivity (Wildman–Crippen MR) is 208 cm³/mol. The van der Waals surface area contributed by atoms with Crippen LogP contribution in [0.1, 0.15) is 61.3 Å². The van der Waals surface area contributed by atoms with Crippen molar-refractivity contribution in [2.75, 3.05) is 13.2 Å². The molecule has 1 aromatic heterocycles. The first kappa shape index (κ1) is 40.6. The summed E-state index contributed by atoms with van der Waals surface area (Å²) in [5.41, 5.74) is 7.53. The molecule has 3 atom stereocenters. The van der Waals surface area contributed by atoms with Crippen molar-refractivity contribution in [2.24, 2.45) is 4.52 Å². The molecule has 1 aliphatic rings. The second-order valence-electron chi connectivity index (χ2n) is 12.7. The van der Waals surface area contributed by atoms with Crippen LogP contribution in [-0.2, 0) is 31.0 Å². The van der Waals surface area contributed by atoms with E-state index in [1.54, 1.807) is 109 Å². The topological polar surface area (TPSA) is 209 Å². The zero-order valence-corrected chi connectivity index (χ0v) is 31.4. The van der Waals surface area contributed by atoms with Crippen LogP contribution >= 0.6 is 0 Å². The third kappa shape index (κ3) is 9.82. The van der Waals surface area contributed by atoms with Gasteiger partial charge in [0, 0.05) is 47.1 Å². The van der Waals surface area contributed by atoms with E-state index in [9.17, 15) is 32.4 Å². The largest absolute Gasteiger partial charge is 0.459 e. The number of aromatic nitrogens is 2. The molecule has 4 aromatic carbocycles. The number of hydrogen-bond acceptors (Lipinski definition) is 10. The van der Waals surface area contributed by atoms with Crippen molar-refractivity contribution in [3.8, 4) is 11.8 Å². The van der Waals surface area contributed by atoms with E-state index in [-0.39, 0.29) is 54.8 Å². The van der Waals surface area contributed by atoms with Crippen molar-refractivity contribution in [2.45, 2.75) is 37.8 Å². The summed E-state index contributed by atoms with van der Waals surface area (Å²) < 4.78 is 48.3. The Balaban J connectivity index is 1.34. The van der Waals surface area contributed by atoms with Crippen molar-refractivity contribution < 1.29 is 37.0 Å². The first-order valence-electron chi connectivity index (χ1n) is 17.8.